The predicted molar refractivity (Wildman–Crippen MR) is 135 cm³/mol. The number of ether oxygens (including phenoxy) is 2. The van der Waals surface area contributed by atoms with E-state index in [1.165, 1.54) is 10.6 Å². The molecule has 0 heterocycles. The van der Waals surface area contributed by atoms with Gasteiger partial charge < -0.3 is 24.5 Å². The van der Waals surface area contributed by atoms with Gasteiger partial charge >= 0.3 is 0 Å². The highest BCUT2D eigenvalue weighted by Crippen LogP contribution is 2.21. The first-order valence-electron chi connectivity index (χ1n) is 11.0. The highest BCUT2D eigenvalue weighted by atomic mass is 16.7. The van der Waals surface area contributed by atoms with Crippen molar-refractivity contribution in [3.63, 3.8) is 0 Å². The number of unbranched alkanes of at least 4 members (excludes halogenated alkanes) is 1. The minimum Gasteiger partial charge on any atom is -0.396 e. The Morgan fingerprint density at radius 1 is 1.09 bits per heavy atom. The monoisotopic (exact) mass is 467 g/mol. The van der Waals surface area contributed by atoms with Crippen LogP contribution < -0.4 is 0 Å². The van der Waals surface area contributed by atoms with Crippen molar-refractivity contribution in [3.8, 4) is 0 Å². The molecule has 7 heteroatoms. The zero-order valence-electron chi connectivity index (χ0n) is 21.5. The zero-order valence-corrected chi connectivity index (χ0v) is 21.5. The third-order valence-corrected chi connectivity index (χ3v) is 4.22. The topological polar surface area (TPSA) is 88.5 Å². The van der Waals surface area contributed by atoms with Crippen LogP contribution in [0.4, 0.5) is 0 Å². The molecule has 0 fully saturated rings. The van der Waals surface area contributed by atoms with E-state index in [-0.39, 0.29) is 17.8 Å². The van der Waals surface area contributed by atoms with Crippen molar-refractivity contribution in [3.05, 3.63) is 54.6 Å². The number of nitrogens with zero attached hydrogens (tertiary/aromatic N) is 1. The van der Waals surface area contributed by atoms with E-state index < -0.39 is 6.29 Å². The second kappa shape index (κ2) is 18.5. The number of hydrogen-bond donors (Lipinski definition) is 2. The SMILES string of the molecule is C=C.COC(C)(C)COC(C)(C)Cc1ccc(/C=C/C(O)ON(C)C)cc1.O=CCCCO. The fraction of sp³-hybridized carbons (Fsp3) is 0.577. The van der Waals surface area contributed by atoms with Gasteiger partial charge in [0.1, 0.15) is 6.29 Å². The van der Waals surface area contributed by atoms with E-state index in [0.29, 0.717) is 19.4 Å². The lowest BCUT2D eigenvalue weighted by molar-refractivity contribution is -0.218. The first-order chi connectivity index (χ1) is 15.4. The lowest BCUT2D eigenvalue weighted by Gasteiger charge is -2.31. The highest BCUT2D eigenvalue weighted by Gasteiger charge is 2.24. The van der Waals surface area contributed by atoms with Gasteiger partial charge in [-0.2, -0.15) is 5.06 Å². The summed E-state index contributed by atoms with van der Waals surface area (Å²) in [6.07, 6.45) is 5.18. The second-order valence-corrected chi connectivity index (χ2v) is 8.63. The minimum absolute atomic E-state index is 0.124. The van der Waals surface area contributed by atoms with E-state index in [1.807, 2.05) is 32.1 Å². The number of hydroxylamine groups is 2. The quantitative estimate of drug-likeness (QED) is 0.149. The summed E-state index contributed by atoms with van der Waals surface area (Å²) in [7, 11) is 5.15. The number of methoxy groups -OCH3 is 1. The van der Waals surface area contributed by atoms with Crippen LogP contribution >= 0.6 is 0 Å². The van der Waals surface area contributed by atoms with E-state index in [1.54, 1.807) is 27.3 Å². The minimum atomic E-state index is -0.953. The van der Waals surface area contributed by atoms with E-state index in [0.717, 1.165) is 18.3 Å². The van der Waals surface area contributed by atoms with Gasteiger partial charge in [-0.05, 0) is 51.3 Å². The number of hydrogen-bond acceptors (Lipinski definition) is 7. The Labute approximate surface area is 200 Å². The van der Waals surface area contributed by atoms with Gasteiger partial charge in [0.2, 0.25) is 0 Å². The van der Waals surface area contributed by atoms with Crippen LogP contribution in [0, 0.1) is 0 Å². The van der Waals surface area contributed by atoms with Crippen molar-refractivity contribution < 1.29 is 29.3 Å². The number of aliphatic hydroxyl groups excluding tert-OH is 2. The molecule has 0 aromatic heterocycles. The fourth-order valence-corrected chi connectivity index (χ4v) is 2.34. The van der Waals surface area contributed by atoms with E-state index >= 15 is 0 Å². The summed E-state index contributed by atoms with van der Waals surface area (Å²) in [5, 5.41) is 19.2. The molecule has 190 valence electrons. The third kappa shape index (κ3) is 19.3. The van der Waals surface area contributed by atoms with Gasteiger partial charge in [0.05, 0.1) is 17.8 Å². The maximum atomic E-state index is 9.66. The molecule has 0 saturated heterocycles. The van der Waals surface area contributed by atoms with Crippen LogP contribution in [0.25, 0.3) is 6.08 Å². The van der Waals surface area contributed by atoms with E-state index in [9.17, 15) is 9.90 Å². The van der Waals surface area contributed by atoms with Crippen LogP contribution in [0.2, 0.25) is 0 Å². The molecule has 1 aromatic rings. The molecule has 0 bridgehead atoms. The average molecular weight is 468 g/mol. The largest absolute Gasteiger partial charge is 0.396 e. The first kappa shape index (κ1) is 33.3. The summed E-state index contributed by atoms with van der Waals surface area (Å²) in [4.78, 5) is 14.6. The summed E-state index contributed by atoms with van der Waals surface area (Å²) >= 11 is 0. The van der Waals surface area contributed by atoms with Crippen LogP contribution in [-0.4, -0.2) is 73.5 Å². The summed E-state index contributed by atoms with van der Waals surface area (Å²) in [6.45, 7) is 14.9. The summed E-state index contributed by atoms with van der Waals surface area (Å²) in [5.41, 5.74) is 1.64. The lowest BCUT2D eigenvalue weighted by atomic mass is 9.97. The van der Waals surface area contributed by atoms with Crippen LogP contribution in [0.1, 0.15) is 51.7 Å². The zero-order chi connectivity index (χ0) is 25.9. The Hall–Kier alpha value is -1.87. The Morgan fingerprint density at radius 2 is 1.67 bits per heavy atom. The molecule has 0 aliphatic heterocycles. The first-order valence-corrected chi connectivity index (χ1v) is 11.0. The molecule has 1 rings (SSSR count). The summed E-state index contributed by atoms with van der Waals surface area (Å²) in [5.74, 6) is 0. The molecule has 0 spiro atoms. The number of aldehydes is 1. The normalized spacial score (nSPS) is 12.5. The summed E-state index contributed by atoms with van der Waals surface area (Å²) < 4.78 is 11.4. The molecule has 0 saturated carbocycles. The molecule has 0 aliphatic carbocycles. The number of aliphatic hydroxyl groups is 2. The maximum Gasteiger partial charge on any atom is 0.194 e. The molecule has 1 unspecified atom stereocenters. The number of carbonyl (C=O) groups excluding carboxylic acids is 1. The Balaban J connectivity index is 0. The maximum absolute atomic E-state index is 9.66. The van der Waals surface area contributed by atoms with Crippen molar-refractivity contribution >= 4 is 12.4 Å². The van der Waals surface area contributed by atoms with Gasteiger partial charge in [-0.15, -0.1) is 13.2 Å². The lowest BCUT2D eigenvalue weighted by Crippen LogP contribution is -2.37. The van der Waals surface area contributed by atoms with Crippen LogP contribution in [0.3, 0.4) is 0 Å². The number of rotatable bonds is 13. The Bertz CT molecular complexity index is 641. The predicted octanol–water partition coefficient (Wildman–Crippen LogP) is 4.03. The van der Waals surface area contributed by atoms with Crippen molar-refractivity contribution in [1.29, 1.82) is 0 Å². The molecule has 1 atom stereocenters. The Morgan fingerprint density at radius 3 is 2.09 bits per heavy atom. The smallest absolute Gasteiger partial charge is 0.194 e. The third-order valence-electron chi connectivity index (χ3n) is 4.22. The van der Waals surface area contributed by atoms with Gasteiger partial charge in [0.25, 0.3) is 0 Å². The van der Waals surface area contributed by atoms with Gasteiger partial charge in [0, 0.05) is 40.7 Å². The molecule has 0 radical (unpaired) electrons. The number of carbonyl (C=O) groups is 1. The van der Waals surface area contributed by atoms with E-state index in [4.69, 9.17) is 19.4 Å². The summed E-state index contributed by atoms with van der Waals surface area (Å²) in [6, 6.07) is 8.18. The molecule has 1 aromatic carbocycles. The Kier molecular flexibility index (Phi) is 18.7. The molecule has 33 heavy (non-hydrogen) atoms. The van der Waals surface area contributed by atoms with Gasteiger partial charge in [-0.3, -0.25) is 4.84 Å². The number of benzene rings is 1. The molecule has 2 N–H and O–H groups in total. The van der Waals surface area contributed by atoms with Crippen LogP contribution in [0.5, 0.6) is 0 Å². The molecule has 7 nitrogen and oxygen atoms in total. The van der Waals surface area contributed by atoms with Crippen molar-refractivity contribution in [2.75, 3.05) is 34.4 Å². The van der Waals surface area contributed by atoms with Crippen LogP contribution in [-0.2, 0) is 25.5 Å². The molecule has 0 amide bonds. The van der Waals surface area contributed by atoms with Crippen molar-refractivity contribution in [2.24, 2.45) is 0 Å². The fourth-order valence-electron chi connectivity index (χ4n) is 2.34. The molecular weight excluding hydrogens is 422 g/mol. The molecule has 0 aliphatic rings. The van der Waals surface area contributed by atoms with Crippen LogP contribution in [0.15, 0.2) is 43.5 Å². The average Bonchev–Trinajstić information content (AvgIpc) is 2.77. The van der Waals surface area contributed by atoms with Gasteiger partial charge in [0.15, 0.2) is 6.29 Å². The second-order valence-electron chi connectivity index (χ2n) is 8.63. The van der Waals surface area contributed by atoms with E-state index in [2.05, 4.69) is 39.1 Å². The van der Waals surface area contributed by atoms with Crippen molar-refractivity contribution in [1.82, 2.24) is 5.06 Å². The van der Waals surface area contributed by atoms with Gasteiger partial charge in [-0.1, -0.05) is 30.3 Å². The van der Waals surface area contributed by atoms with Gasteiger partial charge in [-0.25, -0.2) is 0 Å². The van der Waals surface area contributed by atoms with Crippen molar-refractivity contribution in [2.45, 2.75) is 64.4 Å². The highest BCUT2D eigenvalue weighted by molar-refractivity contribution is 5.50. The standard InChI is InChI=1S/C20H33NO4.C4H8O2.C2H4/c1-19(2,24-15-20(3,4)23-7)14-17-10-8-16(9-11-17)12-13-18(22)25-21(5)6;5-3-1-2-4-6;1-2/h8-13,18,22H,14-15H2,1-7H3;3,6H,1-2,4H2;1-2H2/b13-12+;;. The molecular formula is C26H45NO6.